The minimum Gasteiger partial charge on any atom is -0.409 e. The Labute approximate surface area is 102 Å². The van der Waals surface area contributed by atoms with Crippen LogP contribution in [0.4, 0.5) is 13.2 Å². The van der Waals surface area contributed by atoms with Gasteiger partial charge in [0.2, 0.25) is 5.91 Å². The van der Waals surface area contributed by atoms with E-state index in [0.29, 0.717) is 6.42 Å². The summed E-state index contributed by atoms with van der Waals surface area (Å²) in [7, 11) is 0. The van der Waals surface area contributed by atoms with E-state index < -0.39 is 30.8 Å². The maximum atomic E-state index is 11.8. The molecule has 0 radical (unpaired) electrons. The monoisotopic (exact) mass is 271 g/mol. The third-order valence-electron chi connectivity index (χ3n) is 2.29. The molecule has 0 aromatic rings. The zero-order chi connectivity index (χ0) is 14.4. The van der Waals surface area contributed by atoms with Crippen molar-refractivity contribution in [1.82, 2.24) is 5.32 Å². The van der Waals surface area contributed by atoms with Gasteiger partial charge < -0.3 is 21.0 Å². The number of carbonyl (C=O) groups is 1. The molecule has 0 saturated carbocycles. The smallest absolute Gasteiger partial charge is 0.409 e. The maximum Gasteiger partial charge on any atom is 0.411 e. The van der Waals surface area contributed by atoms with Crippen molar-refractivity contribution >= 4 is 11.7 Å². The van der Waals surface area contributed by atoms with Gasteiger partial charge in [0.25, 0.3) is 0 Å². The van der Waals surface area contributed by atoms with Crippen molar-refractivity contribution in [1.29, 1.82) is 0 Å². The summed E-state index contributed by atoms with van der Waals surface area (Å²) in [6, 6.07) is 0. The van der Waals surface area contributed by atoms with Crippen molar-refractivity contribution in [3.63, 3.8) is 0 Å². The van der Waals surface area contributed by atoms with Crippen molar-refractivity contribution in [3.8, 4) is 0 Å². The van der Waals surface area contributed by atoms with Crippen molar-refractivity contribution in [2.45, 2.75) is 32.0 Å². The highest BCUT2D eigenvalue weighted by Gasteiger charge is 2.31. The van der Waals surface area contributed by atoms with Gasteiger partial charge in [0.05, 0.1) is 5.54 Å². The summed E-state index contributed by atoms with van der Waals surface area (Å²) in [4.78, 5) is 11.3. The van der Waals surface area contributed by atoms with Crippen LogP contribution >= 0.6 is 0 Å². The van der Waals surface area contributed by atoms with Crippen LogP contribution in [0.3, 0.4) is 0 Å². The predicted octanol–water partition coefficient (Wildman–Crippen LogP) is 0.597. The third kappa shape index (κ3) is 5.71. The Kier molecular flexibility index (Phi) is 5.89. The van der Waals surface area contributed by atoms with Gasteiger partial charge in [-0.15, -0.1) is 0 Å². The molecule has 0 bridgehead atoms. The molecule has 6 nitrogen and oxygen atoms in total. The van der Waals surface area contributed by atoms with E-state index in [0.717, 1.165) is 0 Å². The van der Waals surface area contributed by atoms with Crippen molar-refractivity contribution in [3.05, 3.63) is 0 Å². The van der Waals surface area contributed by atoms with Crippen LogP contribution in [-0.4, -0.2) is 41.9 Å². The highest BCUT2D eigenvalue weighted by atomic mass is 19.4. The fourth-order valence-corrected chi connectivity index (χ4v) is 1.05. The number of nitrogens with one attached hydrogen (secondary N) is 1. The van der Waals surface area contributed by atoms with E-state index in [-0.39, 0.29) is 5.84 Å². The SMILES string of the molecule is CCC(C)(NC(=O)COCC(F)(F)F)C(N)=NO. The number of hydrogen-bond donors (Lipinski definition) is 3. The Morgan fingerprint density at radius 1 is 1.50 bits per heavy atom. The highest BCUT2D eigenvalue weighted by Crippen LogP contribution is 2.14. The third-order valence-corrected chi connectivity index (χ3v) is 2.29. The lowest BCUT2D eigenvalue weighted by Crippen LogP contribution is -2.55. The number of amidine groups is 1. The van der Waals surface area contributed by atoms with Crippen LogP contribution < -0.4 is 11.1 Å². The molecule has 106 valence electrons. The number of rotatable bonds is 6. The molecule has 1 unspecified atom stereocenters. The largest absolute Gasteiger partial charge is 0.411 e. The molecule has 0 aliphatic rings. The fourth-order valence-electron chi connectivity index (χ4n) is 1.05. The second-order valence-electron chi connectivity index (χ2n) is 3.83. The molecule has 0 saturated heterocycles. The lowest BCUT2D eigenvalue weighted by atomic mass is 9.97. The Morgan fingerprint density at radius 2 is 2.06 bits per heavy atom. The van der Waals surface area contributed by atoms with E-state index in [1.54, 1.807) is 6.92 Å². The molecule has 0 heterocycles. The molecule has 4 N–H and O–H groups in total. The molecule has 9 heteroatoms. The molecule has 0 rings (SSSR count). The van der Waals surface area contributed by atoms with Crippen molar-refractivity contribution in [2.24, 2.45) is 10.9 Å². The Morgan fingerprint density at radius 3 is 2.44 bits per heavy atom. The first-order chi connectivity index (χ1) is 8.14. The summed E-state index contributed by atoms with van der Waals surface area (Å²) < 4.78 is 39.5. The zero-order valence-electron chi connectivity index (χ0n) is 10.0. The van der Waals surface area contributed by atoms with Gasteiger partial charge in [0.15, 0.2) is 5.84 Å². The average Bonchev–Trinajstić information content (AvgIpc) is 2.25. The van der Waals surface area contributed by atoms with Gasteiger partial charge in [-0.1, -0.05) is 12.1 Å². The van der Waals surface area contributed by atoms with E-state index in [9.17, 15) is 18.0 Å². The Bertz CT molecular complexity index is 320. The molecule has 18 heavy (non-hydrogen) atoms. The quantitative estimate of drug-likeness (QED) is 0.285. The van der Waals surface area contributed by atoms with Gasteiger partial charge in [-0.3, -0.25) is 4.79 Å². The van der Waals surface area contributed by atoms with Crippen LogP contribution in [0.1, 0.15) is 20.3 Å². The van der Waals surface area contributed by atoms with E-state index in [2.05, 4.69) is 15.2 Å². The topological polar surface area (TPSA) is 96.9 Å². The Balaban J connectivity index is 4.30. The number of halogens is 3. The average molecular weight is 271 g/mol. The van der Waals surface area contributed by atoms with Crippen molar-refractivity contribution < 1.29 is 27.9 Å². The molecule has 0 fully saturated rings. The first-order valence-corrected chi connectivity index (χ1v) is 5.08. The number of nitrogens with two attached hydrogens (primary N) is 1. The summed E-state index contributed by atoms with van der Waals surface area (Å²) in [6.07, 6.45) is -4.19. The summed E-state index contributed by atoms with van der Waals surface area (Å²) >= 11 is 0. The molecule has 0 aliphatic heterocycles. The van der Waals surface area contributed by atoms with E-state index in [1.165, 1.54) is 6.92 Å². The number of hydrogen-bond acceptors (Lipinski definition) is 4. The number of alkyl halides is 3. The number of nitrogens with zero attached hydrogens (tertiary/aromatic N) is 1. The second kappa shape index (κ2) is 6.43. The maximum absolute atomic E-state index is 11.8. The first-order valence-electron chi connectivity index (χ1n) is 5.08. The molecule has 0 spiro atoms. The molecular formula is C9H16F3N3O3. The number of ether oxygens (including phenoxy) is 1. The number of oxime groups is 1. The molecule has 0 aromatic heterocycles. The lowest BCUT2D eigenvalue weighted by molar-refractivity contribution is -0.175. The van der Waals surface area contributed by atoms with E-state index >= 15 is 0 Å². The summed E-state index contributed by atoms with van der Waals surface area (Å²) in [5.41, 5.74) is 4.24. The lowest BCUT2D eigenvalue weighted by Gasteiger charge is -2.27. The molecule has 0 aromatic carbocycles. The zero-order valence-corrected chi connectivity index (χ0v) is 10.0. The Hall–Kier alpha value is -1.51. The fraction of sp³-hybridized carbons (Fsp3) is 0.778. The molecule has 0 aliphatic carbocycles. The number of amides is 1. The number of carbonyl (C=O) groups excluding carboxylic acids is 1. The summed E-state index contributed by atoms with van der Waals surface area (Å²) in [5, 5.41) is 13.6. The van der Waals surface area contributed by atoms with E-state index in [4.69, 9.17) is 10.9 Å². The highest BCUT2D eigenvalue weighted by molar-refractivity contribution is 5.93. The standard InChI is InChI=1S/C9H16F3N3O3/c1-3-8(2,7(13)15-17)14-6(16)4-18-5-9(10,11)12/h17H,3-5H2,1-2H3,(H2,13,15)(H,14,16). The van der Waals surface area contributed by atoms with Crippen LogP contribution in [-0.2, 0) is 9.53 Å². The van der Waals surface area contributed by atoms with Crippen LogP contribution in [0.25, 0.3) is 0 Å². The van der Waals surface area contributed by atoms with Crippen LogP contribution in [0.2, 0.25) is 0 Å². The van der Waals surface area contributed by atoms with Crippen LogP contribution in [0, 0.1) is 0 Å². The molecule has 1 amide bonds. The van der Waals surface area contributed by atoms with Gasteiger partial charge in [-0.25, -0.2) is 0 Å². The molecular weight excluding hydrogens is 255 g/mol. The van der Waals surface area contributed by atoms with Crippen molar-refractivity contribution in [2.75, 3.05) is 13.2 Å². The normalized spacial score (nSPS) is 16.2. The second-order valence-corrected chi connectivity index (χ2v) is 3.83. The van der Waals surface area contributed by atoms with Crippen LogP contribution in [0.5, 0.6) is 0 Å². The van der Waals surface area contributed by atoms with Gasteiger partial charge in [-0.2, -0.15) is 13.2 Å². The van der Waals surface area contributed by atoms with Gasteiger partial charge in [-0.05, 0) is 13.3 Å². The van der Waals surface area contributed by atoms with Gasteiger partial charge >= 0.3 is 6.18 Å². The summed E-state index contributed by atoms with van der Waals surface area (Å²) in [5.74, 6) is -1.02. The predicted molar refractivity (Wildman–Crippen MR) is 57.1 cm³/mol. The summed E-state index contributed by atoms with van der Waals surface area (Å²) in [6.45, 7) is 0.874. The first kappa shape index (κ1) is 16.5. The van der Waals surface area contributed by atoms with Gasteiger partial charge in [0.1, 0.15) is 13.2 Å². The van der Waals surface area contributed by atoms with Crippen LogP contribution in [0.15, 0.2) is 5.16 Å². The van der Waals surface area contributed by atoms with E-state index in [1.807, 2.05) is 0 Å². The van der Waals surface area contributed by atoms with Gasteiger partial charge in [0, 0.05) is 0 Å². The minimum absolute atomic E-state index is 0.242. The minimum atomic E-state index is -4.49. The molecule has 1 atom stereocenters.